The molecule has 0 aliphatic heterocycles. The van der Waals surface area contributed by atoms with Gasteiger partial charge < -0.3 is 0 Å². The second-order valence-electron chi connectivity index (χ2n) is 4.77. The van der Waals surface area contributed by atoms with Gasteiger partial charge in [0.05, 0.1) is 0 Å². The fourth-order valence-corrected chi connectivity index (χ4v) is 2.34. The number of hydrogen-bond acceptors (Lipinski definition) is 0. The maximum Gasteiger partial charge on any atom is -0.0162 e. The number of rotatable bonds is 1. The van der Waals surface area contributed by atoms with Crippen molar-refractivity contribution < 1.29 is 0 Å². The molecule has 0 nitrogen and oxygen atoms in total. The topological polar surface area (TPSA) is 0 Å². The molecule has 0 heteroatoms. The van der Waals surface area contributed by atoms with Crippen LogP contribution in [0.5, 0.6) is 0 Å². The van der Waals surface area contributed by atoms with E-state index in [1.54, 1.807) is 6.08 Å². The lowest BCUT2D eigenvalue weighted by molar-refractivity contribution is 0.443. The van der Waals surface area contributed by atoms with Gasteiger partial charge >= 0.3 is 0 Å². The number of benzene rings is 1. The van der Waals surface area contributed by atoms with Crippen molar-refractivity contribution in [3.8, 4) is 0 Å². The van der Waals surface area contributed by atoms with Gasteiger partial charge in [0, 0.05) is 0 Å². The molecule has 1 aliphatic rings. The predicted molar refractivity (Wildman–Crippen MR) is 78.4 cm³/mol. The minimum absolute atomic E-state index is 0.782. The van der Waals surface area contributed by atoms with Gasteiger partial charge in [-0.3, -0.25) is 0 Å². The van der Waals surface area contributed by atoms with Crippen LogP contribution in [-0.2, 0) is 0 Å². The molecule has 0 amide bonds. The lowest BCUT2D eigenvalue weighted by Crippen LogP contribution is -2.22. The van der Waals surface area contributed by atoms with Gasteiger partial charge in [0.15, 0.2) is 0 Å². The fraction of sp³-hybridized carbons (Fsp3) is 0.412. The molecule has 2 rings (SSSR count). The van der Waals surface area contributed by atoms with Gasteiger partial charge in [-0.2, -0.15) is 0 Å². The van der Waals surface area contributed by atoms with Crippen molar-refractivity contribution in [2.45, 2.75) is 44.9 Å². The Labute approximate surface area is 105 Å². The van der Waals surface area contributed by atoms with E-state index in [9.17, 15) is 0 Å². The van der Waals surface area contributed by atoms with Crippen LogP contribution in [0.25, 0.3) is 13.2 Å². The Balaban J connectivity index is 0.000000437. The van der Waals surface area contributed by atoms with E-state index < -0.39 is 0 Å². The van der Waals surface area contributed by atoms with E-state index in [4.69, 9.17) is 0 Å². The first-order valence-electron chi connectivity index (χ1n) is 6.54. The summed E-state index contributed by atoms with van der Waals surface area (Å²) in [5, 5.41) is 2.15. The molecule has 0 bridgehead atoms. The summed E-state index contributed by atoms with van der Waals surface area (Å²) in [7, 11) is 0. The van der Waals surface area contributed by atoms with E-state index in [2.05, 4.69) is 37.9 Å². The molecule has 0 spiro atoms. The number of hydrogen-bond donors (Lipinski definition) is 0. The van der Waals surface area contributed by atoms with Crippen molar-refractivity contribution >= 4 is 13.2 Å². The first kappa shape index (κ1) is 13.8. The van der Waals surface area contributed by atoms with Crippen LogP contribution in [0, 0.1) is 0 Å². The zero-order valence-corrected chi connectivity index (χ0v) is 11.0. The van der Waals surface area contributed by atoms with E-state index in [0.717, 1.165) is 16.4 Å². The fourth-order valence-electron chi connectivity index (χ4n) is 2.34. The summed E-state index contributed by atoms with van der Waals surface area (Å²) in [5.41, 5.74) is 1.47. The zero-order chi connectivity index (χ0) is 12.7. The minimum Gasteiger partial charge on any atom is -0.103 e. The van der Waals surface area contributed by atoms with Gasteiger partial charge in [-0.05, 0) is 41.7 Å². The third-order valence-electron chi connectivity index (χ3n) is 3.31. The molecule has 0 heterocycles. The Kier molecular flexibility index (Phi) is 5.76. The van der Waals surface area contributed by atoms with Crippen molar-refractivity contribution in [3.63, 3.8) is 0 Å². The molecular weight excluding hydrogens is 204 g/mol. The molecule has 1 aromatic carbocycles. The highest BCUT2D eigenvalue weighted by molar-refractivity contribution is 5.25. The quantitative estimate of drug-likeness (QED) is 0.642. The van der Waals surface area contributed by atoms with Crippen LogP contribution in [-0.4, -0.2) is 0 Å². The van der Waals surface area contributed by atoms with E-state index in [0.29, 0.717) is 0 Å². The van der Waals surface area contributed by atoms with Crippen LogP contribution in [0.4, 0.5) is 0 Å². The summed E-state index contributed by atoms with van der Waals surface area (Å²) in [6, 6.07) is 6.55. The molecule has 17 heavy (non-hydrogen) atoms. The van der Waals surface area contributed by atoms with Gasteiger partial charge in [0.25, 0.3) is 0 Å². The Hall–Kier alpha value is -1.30. The van der Waals surface area contributed by atoms with Crippen LogP contribution in [0.1, 0.15) is 50.5 Å². The second kappa shape index (κ2) is 7.11. The summed E-state index contributed by atoms with van der Waals surface area (Å²) >= 11 is 0. The van der Waals surface area contributed by atoms with Crippen molar-refractivity contribution in [1.82, 2.24) is 0 Å². The lowest BCUT2D eigenvalue weighted by Gasteiger charge is -2.21. The van der Waals surface area contributed by atoms with Gasteiger partial charge in [-0.15, -0.1) is 6.58 Å². The second-order valence-corrected chi connectivity index (χ2v) is 4.77. The molecule has 0 N–H and O–H groups in total. The summed E-state index contributed by atoms with van der Waals surface area (Å²) < 4.78 is 0. The van der Waals surface area contributed by atoms with E-state index in [-0.39, 0.29) is 0 Å². The monoisotopic (exact) mass is 228 g/mol. The Morgan fingerprint density at radius 2 is 1.65 bits per heavy atom. The summed E-state index contributed by atoms with van der Waals surface area (Å²) in [6.45, 7) is 13.2. The van der Waals surface area contributed by atoms with Crippen LogP contribution < -0.4 is 10.4 Å². The molecule has 0 aromatic heterocycles. The molecule has 1 aliphatic carbocycles. The van der Waals surface area contributed by atoms with Crippen molar-refractivity contribution in [2.24, 2.45) is 0 Å². The van der Waals surface area contributed by atoms with Crippen LogP contribution in [0.2, 0.25) is 0 Å². The smallest absolute Gasteiger partial charge is 0.0162 e. The van der Waals surface area contributed by atoms with Crippen molar-refractivity contribution in [2.75, 3.05) is 0 Å². The third-order valence-corrected chi connectivity index (χ3v) is 3.31. The van der Waals surface area contributed by atoms with E-state index >= 15 is 0 Å². The van der Waals surface area contributed by atoms with E-state index in [1.165, 1.54) is 37.7 Å². The molecule has 1 aromatic rings. The van der Waals surface area contributed by atoms with Crippen LogP contribution in [0.15, 0.2) is 30.9 Å². The standard InChI is InChI=1S/C14H18.C3H6/c1-11-8-9-14(10-12(11)2)13-6-4-3-5-7-13;1-3-2/h8-10,13H,1-7H2;3H,1H2,2H3. The Bertz CT molecular complexity index is 436. The molecule has 1 saturated carbocycles. The van der Waals surface area contributed by atoms with Crippen LogP contribution >= 0.6 is 0 Å². The highest BCUT2D eigenvalue weighted by Crippen LogP contribution is 2.31. The van der Waals surface area contributed by atoms with Crippen molar-refractivity contribution in [3.05, 3.63) is 46.9 Å². The lowest BCUT2D eigenvalue weighted by atomic mass is 9.84. The normalized spacial score (nSPS) is 15.8. The van der Waals surface area contributed by atoms with Gasteiger partial charge in [0.2, 0.25) is 0 Å². The molecule has 1 fully saturated rings. The molecular formula is C17H24. The molecule has 0 saturated heterocycles. The highest BCUT2D eigenvalue weighted by Gasteiger charge is 2.14. The predicted octanol–water partition coefficient (Wildman–Crippen LogP) is 3.75. The maximum atomic E-state index is 4.01. The summed E-state index contributed by atoms with van der Waals surface area (Å²) in [4.78, 5) is 0. The van der Waals surface area contributed by atoms with E-state index in [1.807, 2.05) is 6.92 Å². The SMILES string of the molecule is C=CC.C=c1ccc(C2CCCCC2)cc1=C. The maximum absolute atomic E-state index is 4.01. The molecule has 0 radical (unpaired) electrons. The molecule has 0 atom stereocenters. The first-order chi connectivity index (χ1) is 8.19. The zero-order valence-electron chi connectivity index (χ0n) is 11.0. The van der Waals surface area contributed by atoms with Crippen molar-refractivity contribution in [1.29, 1.82) is 0 Å². The summed E-state index contributed by atoms with van der Waals surface area (Å²) in [5.74, 6) is 0.782. The molecule has 0 unspecified atom stereocenters. The Morgan fingerprint density at radius 3 is 2.18 bits per heavy atom. The highest BCUT2D eigenvalue weighted by atomic mass is 14.2. The first-order valence-corrected chi connectivity index (χ1v) is 6.54. The third kappa shape index (κ3) is 4.22. The average molecular weight is 228 g/mol. The van der Waals surface area contributed by atoms with Gasteiger partial charge in [0.1, 0.15) is 0 Å². The van der Waals surface area contributed by atoms with Crippen LogP contribution in [0.3, 0.4) is 0 Å². The summed E-state index contributed by atoms with van der Waals surface area (Å²) in [6.07, 6.45) is 8.67. The molecule has 92 valence electrons. The number of allylic oxidation sites excluding steroid dienone is 1. The van der Waals surface area contributed by atoms with Gasteiger partial charge in [-0.1, -0.05) is 56.7 Å². The Morgan fingerprint density at radius 1 is 1.06 bits per heavy atom. The largest absolute Gasteiger partial charge is 0.103 e. The average Bonchev–Trinajstić information content (AvgIpc) is 2.35. The minimum atomic E-state index is 0.782. The van der Waals surface area contributed by atoms with Gasteiger partial charge in [-0.25, -0.2) is 0 Å².